The van der Waals surface area contributed by atoms with Gasteiger partial charge in [0.05, 0.1) is 5.60 Å². The van der Waals surface area contributed by atoms with Crippen molar-refractivity contribution in [2.24, 2.45) is 10.4 Å². The number of halogens is 1. The highest BCUT2D eigenvalue weighted by atomic mass is 127. The molecular formula is C17H34IN3O2S. The fourth-order valence-electron chi connectivity index (χ4n) is 3.50. The van der Waals surface area contributed by atoms with Crippen molar-refractivity contribution in [3.8, 4) is 0 Å². The molecule has 0 aromatic carbocycles. The molecule has 3 N–H and O–H groups in total. The number of aliphatic imine (C=N–C) groups is 1. The van der Waals surface area contributed by atoms with Gasteiger partial charge in [-0.05, 0) is 43.8 Å². The molecule has 5 nitrogen and oxygen atoms in total. The van der Waals surface area contributed by atoms with Crippen molar-refractivity contribution >= 4 is 41.7 Å². The average Bonchev–Trinajstić information content (AvgIpc) is 3.19. The van der Waals surface area contributed by atoms with Crippen LogP contribution in [0.3, 0.4) is 0 Å². The number of hydrogen-bond donors (Lipinski definition) is 3. The molecule has 1 atom stereocenters. The van der Waals surface area contributed by atoms with E-state index in [-0.39, 0.29) is 24.0 Å². The van der Waals surface area contributed by atoms with Gasteiger partial charge in [0.1, 0.15) is 0 Å². The van der Waals surface area contributed by atoms with E-state index in [4.69, 9.17) is 9.73 Å². The number of methoxy groups -OCH3 is 1. The van der Waals surface area contributed by atoms with E-state index in [0.717, 1.165) is 50.0 Å². The molecule has 1 heterocycles. The number of aliphatic hydroxyl groups is 1. The second-order valence-corrected chi connectivity index (χ2v) is 8.13. The fourth-order valence-corrected chi connectivity index (χ4v) is 4.80. The van der Waals surface area contributed by atoms with E-state index in [1.807, 2.05) is 11.8 Å². The lowest BCUT2D eigenvalue weighted by molar-refractivity contribution is 0.0724. The highest BCUT2D eigenvalue weighted by Crippen LogP contribution is 2.41. The quantitative estimate of drug-likeness (QED) is 0.289. The van der Waals surface area contributed by atoms with Crippen LogP contribution >= 0.6 is 35.7 Å². The van der Waals surface area contributed by atoms with E-state index in [9.17, 15) is 5.11 Å². The summed E-state index contributed by atoms with van der Waals surface area (Å²) >= 11 is 1.82. The normalized spacial score (nSPS) is 26.2. The Morgan fingerprint density at radius 2 is 2.00 bits per heavy atom. The van der Waals surface area contributed by atoms with Gasteiger partial charge in [0.2, 0.25) is 0 Å². The first kappa shape index (κ1) is 22.3. The third kappa shape index (κ3) is 6.88. The summed E-state index contributed by atoms with van der Waals surface area (Å²) in [6, 6.07) is 0. The minimum atomic E-state index is -0.581. The van der Waals surface area contributed by atoms with Crippen molar-refractivity contribution in [1.82, 2.24) is 10.6 Å². The maximum Gasteiger partial charge on any atom is 0.191 e. The van der Waals surface area contributed by atoms with Gasteiger partial charge in [-0.3, -0.25) is 4.99 Å². The van der Waals surface area contributed by atoms with Crippen LogP contribution in [0.15, 0.2) is 4.99 Å². The van der Waals surface area contributed by atoms with Crippen LogP contribution in [-0.4, -0.2) is 61.5 Å². The summed E-state index contributed by atoms with van der Waals surface area (Å²) in [6.45, 7) is 5.16. The molecular weight excluding hydrogens is 437 g/mol. The minimum Gasteiger partial charge on any atom is -0.387 e. The Morgan fingerprint density at radius 1 is 1.25 bits per heavy atom. The first-order chi connectivity index (χ1) is 11.1. The minimum absolute atomic E-state index is 0. The molecule has 142 valence electrons. The van der Waals surface area contributed by atoms with Crippen molar-refractivity contribution in [1.29, 1.82) is 0 Å². The number of nitrogens with one attached hydrogen (secondary N) is 2. The number of hydrogen-bond acceptors (Lipinski definition) is 4. The van der Waals surface area contributed by atoms with Gasteiger partial charge in [0.25, 0.3) is 0 Å². The van der Waals surface area contributed by atoms with Crippen molar-refractivity contribution in [2.75, 3.05) is 44.9 Å². The molecule has 1 aliphatic heterocycles. The predicted molar refractivity (Wildman–Crippen MR) is 114 cm³/mol. The topological polar surface area (TPSA) is 65.9 Å². The molecule has 2 aliphatic rings. The van der Waals surface area contributed by atoms with Crippen molar-refractivity contribution in [3.05, 3.63) is 0 Å². The number of guanidine groups is 1. The summed E-state index contributed by atoms with van der Waals surface area (Å²) in [5.41, 5.74) is -0.277. The monoisotopic (exact) mass is 471 g/mol. The average molecular weight is 471 g/mol. The summed E-state index contributed by atoms with van der Waals surface area (Å²) < 4.78 is 5.30. The van der Waals surface area contributed by atoms with Gasteiger partial charge in [-0.15, -0.1) is 24.0 Å². The Balaban J connectivity index is 0.00000288. The molecule has 24 heavy (non-hydrogen) atoms. The second-order valence-electron chi connectivity index (χ2n) is 7.03. The molecule has 1 unspecified atom stereocenters. The molecule has 0 spiro atoms. The van der Waals surface area contributed by atoms with E-state index < -0.39 is 5.60 Å². The first-order valence-corrected chi connectivity index (χ1v) is 10.1. The van der Waals surface area contributed by atoms with Gasteiger partial charge in [-0.2, -0.15) is 11.8 Å². The van der Waals surface area contributed by atoms with E-state index >= 15 is 0 Å². The Kier molecular flexibility index (Phi) is 10.3. The van der Waals surface area contributed by atoms with Crippen molar-refractivity contribution in [3.63, 3.8) is 0 Å². The molecule has 2 fully saturated rings. The zero-order chi connectivity index (χ0) is 16.6. The number of rotatable bonds is 8. The Labute approximate surface area is 168 Å². The first-order valence-electron chi connectivity index (χ1n) is 8.93. The van der Waals surface area contributed by atoms with Crippen LogP contribution in [0.25, 0.3) is 0 Å². The Hall–Kier alpha value is 0.270. The van der Waals surface area contributed by atoms with Crippen molar-refractivity contribution in [2.45, 2.75) is 51.0 Å². The smallest absolute Gasteiger partial charge is 0.191 e. The molecule has 2 rings (SSSR count). The van der Waals surface area contributed by atoms with Gasteiger partial charge < -0.3 is 20.5 Å². The van der Waals surface area contributed by atoms with E-state index in [0.29, 0.717) is 12.0 Å². The van der Waals surface area contributed by atoms with Crippen LogP contribution in [0.5, 0.6) is 0 Å². The highest BCUT2D eigenvalue weighted by Gasteiger charge is 2.34. The third-order valence-corrected chi connectivity index (χ3v) is 6.32. The molecule has 0 aromatic rings. The number of nitrogens with zero attached hydrogens (tertiary/aromatic N) is 1. The molecule has 0 radical (unpaired) electrons. The van der Waals surface area contributed by atoms with Gasteiger partial charge in [-0.25, -0.2) is 0 Å². The summed E-state index contributed by atoms with van der Waals surface area (Å²) in [6.07, 6.45) is 7.06. The van der Waals surface area contributed by atoms with Crippen LogP contribution in [0.4, 0.5) is 0 Å². The zero-order valence-corrected chi connectivity index (χ0v) is 18.3. The summed E-state index contributed by atoms with van der Waals surface area (Å²) in [7, 11) is 1.78. The summed E-state index contributed by atoms with van der Waals surface area (Å²) in [4.78, 5) is 4.83. The Morgan fingerprint density at radius 3 is 2.58 bits per heavy atom. The van der Waals surface area contributed by atoms with Gasteiger partial charge in [0.15, 0.2) is 5.96 Å². The van der Waals surface area contributed by atoms with E-state index in [2.05, 4.69) is 17.6 Å². The molecule has 0 bridgehead atoms. The van der Waals surface area contributed by atoms with Gasteiger partial charge in [-0.1, -0.05) is 12.8 Å². The second kappa shape index (κ2) is 11.1. The molecule has 7 heteroatoms. The van der Waals surface area contributed by atoms with Crippen molar-refractivity contribution < 1.29 is 9.84 Å². The van der Waals surface area contributed by atoms with Crippen LogP contribution in [-0.2, 0) is 4.74 Å². The van der Waals surface area contributed by atoms with E-state index in [1.54, 1.807) is 7.11 Å². The molecule has 1 saturated carbocycles. The highest BCUT2D eigenvalue weighted by molar-refractivity contribution is 14.0. The van der Waals surface area contributed by atoms with Crippen LogP contribution in [0, 0.1) is 5.41 Å². The maximum atomic E-state index is 10.5. The third-order valence-electron chi connectivity index (χ3n) is 5.08. The summed E-state index contributed by atoms with van der Waals surface area (Å²) in [5, 5.41) is 17.1. The van der Waals surface area contributed by atoms with Crippen LogP contribution in [0.2, 0.25) is 0 Å². The van der Waals surface area contributed by atoms with Gasteiger partial charge in [0, 0.05) is 39.1 Å². The summed E-state index contributed by atoms with van der Waals surface area (Å²) in [5.74, 6) is 2.70. The number of ether oxygens (including phenoxy) is 1. The number of thioether (sulfide) groups is 1. The molecule has 1 saturated heterocycles. The lowest BCUT2D eigenvalue weighted by Crippen LogP contribution is -2.47. The lowest BCUT2D eigenvalue weighted by atomic mass is 9.83. The fraction of sp³-hybridized carbons (Fsp3) is 0.941. The largest absolute Gasteiger partial charge is 0.387 e. The molecule has 1 aliphatic carbocycles. The lowest BCUT2D eigenvalue weighted by Gasteiger charge is -2.28. The zero-order valence-electron chi connectivity index (χ0n) is 15.1. The predicted octanol–water partition coefficient (Wildman–Crippen LogP) is 2.62. The van der Waals surface area contributed by atoms with Gasteiger partial charge >= 0.3 is 0 Å². The standard InChI is InChI=1S/C17H33N3O2S.HI/c1-3-18-15(20-13-17(21)9-11-23-14-17)19-12-16(8-10-22-2)6-4-5-7-16;/h21H,3-14H2,1-2H3,(H2,18,19,20);1H. The maximum absolute atomic E-state index is 10.5. The van der Waals surface area contributed by atoms with Crippen LogP contribution in [0.1, 0.15) is 45.4 Å². The SMILES string of the molecule is CCNC(=NCC1(CCOC)CCCC1)NCC1(O)CCSC1.I. The molecule has 0 aromatic heterocycles. The molecule has 0 amide bonds. The van der Waals surface area contributed by atoms with E-state index in [1.165, 1.54) is 25.7 Å². The van der Waals surface area contributed by atoms with Crippen LogP contribution < -0.4 is 10.6 Å². The Bertz CT molecular complexity index is 384.